The number of nitro benzene ring substituents is 1. The summed E-state index contributed by atoms with van der Waals surface area (Å²) in [5, 5.41) is 14.0. The molecule has 1 saturated heterocycles. The highest BCUT2D eigenvalue weighted by molar-refractivity contribution is 6.30. The van der Waals surface area contributed by atoms with Crippen molar-refractivity contribution in [1.82, 2.24) is 10.0 Å². The molecule has 2 saturated carbocycles. The molecule has 1 heterocycles. The van der Waals surface area contributed by atoms with Crippen molar-refractivity contribution in [3.05, 3.63) is 74.8 Å². The number of amides is 3. The SMILES string of the molecule is O=C(c1ccccc1[N+](=O)[O-])N(Cc1ccc(Cl)cc1)N1C(=O)[C@@H]2[C@H]3CC[C@@H](C3)[C@@H]2C1=O. The number of fused-ring (bicyclic) bond motifs is 5. The van der Waals surface area contributed by atoms with Crippen LogP contribution in [0.15, 0.2) is 48.5 Å². The number of carbonyl (C=O) groups is 3. The van der Waals surface area contributed by atoms with Crippen LogP contribution >= 0.6 is 11.6 Å². The normalized spacial score (nSPS) is 25.8. The number of nitro groups is 1. The Balaban J connectivity index is 1.55. The number of hydrazine groups is 1. The number of carbonyl (C=O) groups excluding carboxylic acids is 3. The Hall–Kier alpha value is -3.26. The molecule has 32 heavy (non-hydrogen) atoms. The number of hydrogen-bond donors (Lipinski definition) is 0. The molecular weight excluding hydrogens is 434 g/mol. The van der Waals surface area contributed by atoms with Gasteiger partial charge in [-0.1, -0.05) is 35.9 Å². The van der Waals surface area contributed by atoms with Gasteiger partial charge in [-0.3, -0.25) is 24.5 Å². The predicted molar refractivity (Wildman–Crippen MR) is 114 cm³/mol. The van der Waals surface area contributed by atoms with E-state index < -0.39 is 22.7 Å². The Bertz CT molecular complexity index is 1110. The lowest BCUT2D eigenvalue weighted by Gasteiger charge is -2.31. The van der Waals surface area contributed by atoms with E-state index in [1.165, 1.54) is 24.3 Å². The van der Waals surface area contributed by atoms with Crippen molar-refractivity contribution in [1.29, 1.82) is 0 Å². The van der Waals surface area contributed by atoms with Gasteiger partial charge in [-0.15, -0.1) is 0 Å². The van der Waals surface area contributed by atoms with Gasteiger partial charge in [0, 0.05) is 11.1 Å². The van der Waals surface area contributed by atoms with Gasteiger partial charge >= 0.3 is 0 Å². The molecule has 4 atom stereocenters. The summed E-state index contributed by atoms with van der Waals surface area (Å²) in [5.74, 6) is -2.03. The molecule has 2 aliphatic carbocycles. The van der Waals surface area contributed by atoms with Crippen LogP contribution in [0.4, 0.5) is 5.69 Å². The lowest BCUT2D eigenvalue weighted by Crippen LogP contribution is -2.50. The summed E-state index contributed by atoms with van der Waals surface area (Å²) < 4.78 is 0. The van der Waals surface area contributed by atoms with Gasteiger partial charge < -0.3 is 0 Å². The van der Waals surface area contributed by atoms with Crippen molar-refractivity contribution in [2.45, 2.75) is 25.8 Å². The van der Waals surface area contributed by atoms with Gasteiger partial charge in [0.25, 0.3) is 23.4 Å². The highest BCUT2D eigenvalue weighted by Crippen LogP contribution is 2.56. The first kappa shape index (κ1) is 20.6. The van der Waals surface area contributed by atoms with Crippen LogP contribution in [0.3, 0.4) is 0 Å². The fourth-order valence-corrected chi connectivity index (χ4v) is 5.71. The molecular formula is C23H20ClN3O5. The molecule has 0 N–H and O–H groups in total. The Morgan fingerprint density at radius 3 is 2.22 bits per heavy atom. The van der Waals surface area contributed by atoms with E-state index in [0.717, 1.165) is 29.3 Å². The molecule has 0 unspecified atom stereocenters. The molecule has 3 amide bonds. The topological polar surface area (TPSA) is 101 Å². The number of rotatable bonds is 5. The zero-order valence-corrected chi connectivity index (χ0v) is 17.8. The lowest BCUT2D eigenvalue weighted by molar-refractivity contribution is -0.385. The van der Waals surface area contributed by atoms with Gasteiger partial charge in [0.05, 0.1) is 23.3 Å². The molecule has 164 valence electrons. The summed E-state index contributed by atoms with van der Waals surface area (Å²) in [6.45, 7) is -0.0890. The zero-order chi connectivity index (χ0) is 22.6. The van der Waals surface area contributed by atoms with E-state index in [1.54, 1.807) is 24.3 Å². The summed E-state index contributed by atoms with van der Waals surface area (Å²) in [4.78, 5) is 51.2. The summed E-state index contributed by atoms with van der Waals surface area (Å²) in [5.41, 5.74) is 0.0898. The maximum atomic E-state index is 13.6. The zero-order valence-electron chi connectivity index (χ0n) is 17.0. The van der Waals surface area contributed by atoms with Crippen molar-refractivity contribution >= 4 is 35.0 Å². The van der Waals surface area contributed by atoms with Gasteiger partial charge in [0.15, 0.2) is 0 Å². The molecule has 1 aliphatic heterocycles. The van der Waals surface area contributed by atoms with E-state index >= 15 is 0 Å². The van der Waals surface area contributed by atoms with E-state index in [-0.39, 0.29) is 41.4 Å². The van der Waals surface area contributed by atoms with Gasteiger partial charge in [-0.2, -0.15) is 5.01 Å². The van der Waals surface area contributed by atoms with Crippen molar-refractivity contribution in [2.75, 3.05) is 0 Å². The summed E-state index contributed by atoms with van der Waals surface area (Å²) >= 11 is 5.97. The quantitative estimate of drug-likeness (QED) is 0.389. The molecule has 8 nitrogen and oxygen atoms in total. The Morgan fingerprint density at radius 2 is 1.62 bits per heavy atom. The Labute approximate surface area is 188 Å². The summed E-state index contributed by atoms with van der Waals surface area (Å²) in [6.07, 6.45) is 2.69. The van der Waals surface area contributed by atoms with Crippen LogP contribution in [-0.4, -0.2) is 32.7 Å². The Morgan fingerprint density at radius 1 is 1.03 bits per heavy atom. The van der Waals surface area contributed by atoms with Crippen LogP contribution < -0.4 is 0 Å². The average molecular weight is 454 g/mol. The molecule has 0 aromatic heterocycles. The number of halogens is 1. The van der Waals surface area contributed by atoms with E-state index in [1.807, 2.05) is 0 Å². The van der Waals surface area contributed by atoms with Gasteiger partial charge in [0.1, 0.15) is 5.56 Å². The first-order valence-electron chi connectivity index (χ1n) is 10.5. The number of nitrogens with zero attached hydrogens (tertiary/aromatic N) is 3. The maximum absolute atomic E-state index is 13.6. The van der Waals surface area contributed by atoms with Crippen LogP contribution in [0.2, 0.25) is 5.02 Å². The third-order valence-corrected chi connectivity index (χ3v) is 7.21. The van der Waals surface area contributed by atoms with E-state index in [2.05, 4.69) is 0 Å². The van der Waals surface area contributed by atoms with E-state index in [4.69, 9.17) is 11.6 Å². The van der Waals surface area contributed by atoms with Crippen molar-refractivity contribution in [2.24, 2.45) is 23.7 Å². The van der Waals surface area contributed by atoms with Crippen LogP contribution in [0.5, 0.6) is 0 Å². The largest absolute Gasteiger partial charge is 0.282 e. The third kappa shape index (κ3) is 3.17. The molecule has 9 heteroatoms. The second-order valence-electron chi connectivity index (χ2n) is 8.64. The third-order valence-electron chi connectivity index (χ3n) is 6.96. The number of benzene rings is 2. The molecule has 0 spiro atoms. The van der Waals surface area contributed by atoms with Crippen molar-refractivity contribution in [3.63, 3.8) is 0 Å². The van der Waals surface area contributed by atoms with Gasteiger partial charge in [-0.25, -0.2) is 5.01 Å². The molecule has 2 aromatic carbocycles. The highest BCUT2D eigenvalue weighted by atomic mass is 35.5. The lowest BCUT2D eigenvalue weighted by atomic mass is 9.81. The van der Waals surface area contributed by atoms with E-state index in [9.17, 15) is 24.5 Å². The fraction of sp³-hybridized carbons (Fsp3) is 0.348. The summed E-state index contributed by atoms with van der Waals surface area (Å²) in [7, 11) is 0. The van der Waals surface area contributed by atoms with Crippen LogP contribution in [-0.2, 0) is 16.1 Å². The van der Waals surface area contributed by atoms with Crippen molar-refractivity contribution < 1.29 is 19.3 Å². The van der Waals surface area contributed by atoms with Gasteiger partial charge in [0.2, 0.25) is 0 Å². The molecule has 2 bridgehead atoms. The highest BCUT2D eigenvalue weighted by Gasteiger charge is 2.62. The van der Waals surface area contributed by atoms with Crippen LogP contribution in [0.1, 0.15) is 35.2 Å². The fourth-order valence-electron chi connectivity index (χ4n) is 5.58. The second kappa shape index (κ2) is 7.70. The first-order chi connectivity index (χ1) is 15.4. The molecule has 3 fully saturated rings. The smallest absolute Gasteiger partial charge is 0.272 e. The predicted octanol–water partition coefficient (Wildman–Crippen LogP) is 3.84. The minimum Gasteiger partial charge on any atom is -0.272 e. The number of hydrogen-bond acceptors (Lipinski definition) is 5. The molecule has 3 aliphatic rings. The molecule has 5 rings (SSSR count). The number of imide groups is 1. The molecule has 0 radical (unpaired) electrons. The van der Waals surface area contributed by atoms with Crippen LogP contribution in [0.25, 0.3) is 0 Å². The second-order valence-corrected chi connectivity index (χ2v) is 9.07. The standard InChI is InChI=1S/C23H20ClN3O5/c24-16-9-5-13(6-10-16)12-25(21(28)17-3-1-2-4-18(17)27(31)32)26-22(29)19-14-7-8-15(11-14)20(19)23(26)30/h1-6,9-10,14-15,19-20H,7-8,11-12H2/t14-,15-,19-,20+/m0/s1. The summed E-state index contributed by atoms with van der Waals surface area (Å²) in [6, 6.07) is 12.2. The average Bonchev–Trinajstić information content (AvgIpc) is 3.47. The maximum Gasteiger partial charge on any atom is 0.282 e. The molecule has 2 aromatic rings. The van der Waals surface area contributed by atoms with E-state index in [0.29, 0.717) is 10.6 Å². The van der Waals surface area contributed by atoms with Crippen molar-refractivity contribution in [3.8, 4) is 0 Å². The van der Waals surface area contributed by atoms with Gasteiger partial charge in [-0.05, 0) is 54.9 Å². The first-order valence-corrected chi connectivity index (χ1v) is 10.9. The minimum atomic E-state index is -0.763. The number of para-hydroxylation sites is 1. The van der Waals surface area contributed by atoms with Crippen LogP contribution in [0, 0.1) is 33.8 Å². The minimum absolute atomic E-state index is 0.0890. The monoisotopic (exact) mass is 453 g/mol. The Kier molecular flexibility index (Phi) is 4.97.